The Labute approximate surface area is 133 Å². The maximum absolute atomic E-state index is 12.0. The molecule has 0 N–H and O–H groups in total. The highest BCUT2D eigenvalue weighted by Crippen LogP contribution is 2.29. The van der Waals surface area contributed by atoms with Crippen molar-refractivity contribution in [3.8, 4) is 11.5 Å². The summed E-state index contributed by atoms with van der Waals surface area (Å²) in [5.74, 6) is 1.88. The standard InChI is InChI=1S/C18H27NO3/c1-6-19(7-2)18(20)11-9-15-8-10-16(17(12-15)21-5)22-13-14(3)4/h8-12,14H,6-7,13H2,1-5H3/b11-9+. The average Bonchev–Trinajstić information content (AvgIpc) is 2.52. The quantitative estimate of drug-likeness (QED) is 0.689. The van der Waals surface area contributed by atoms with Gasteiger partial charge in [-0.05, 0) is 43.5 Å². The molecule has 1 aromatic rings. The number of likely N-dealkylation sites (N-methyl/N-ethyl adjacent to an activating group) is 1. The minimum Gasteiger partial charge on any atom is -0.493 e. The fraction of sp³-hybridized carbons (Fsp3) is 0.500. The Morgan fingerprint density at radius 2 is 1.91 bits per heavy atom. The van der Waals surface area contributed by atoms with Gasteiger partial charge in [0, 0.05) is 19.2 Å². The number of carbonyl (C=O) groups excluding carboxylic acids is 1. The molecule has 4 heteroatoms. The van der Waals surface area contributed by atoms with Gasteiger partial charge in [-0.3, -0.25) is 4.79 Å². The summed E-state index contributed by atoms with van der Waals surface area (Å²) in [6.07, 6.45) is 3.39. The van der Waals surface area contributed by atoms with E-state index in [2.05, 4.69) is 13.8 Å². The average molecular weight is 305 g/mol. The Bertz CT molecular complexity index is 505. The molecule has 0 bridgehead atoms. The molecule has 0 heterocycles. The van der Waals surface area contributed by atoms with Crippen LogP contribution in [0, 0.1) is 5.92 Å². The van der Waals surface area contributed by atoms with Gasteiger partial charge >= 0.3 is 0 Å². The fourth-order valence-corrected chi connectivity index (χ4v) is 1.97. The van der Waals surface area contributed by atoms with Crippen LogP contribution in [-0.4, -0.2) is 37.6 Å². The lowest BCUT2D eigenvalue weighted by Crippen LogP contribution is -2.28. The molecule has 1 amide bonds. The summed E-state index contributed by atoms with van der Waals surface area (Å²) >= 11 is 0. The zero-order chi connectivity index (χ0) is 16.5. The van der Waals surface area contributed by atoms with Crippen molar-refractivity contribution in [2.45, 2.75) is 27.7 Å². The number of carbonyl (C=O) groups is 1. The van der Waals surface area contributed by atoms with E-state index >= 15 is 0 Å². The second-order valence-electron chi connectivity index (χ2n) is 5.46. The van der Waals surface area contributed by atoms with Gasteiger partial charge in [0.2, 0.25) is 5.91 Å². The van der Waals surface area contributed by atoms with Crippen molar-refractivity contribution >= 4 is 12.0 Å². The molecule has 4 nitrogen and oxygen atoms in total. The maximum atomic E-state index is 12.0. The molecule has 1 rings (SSSR count). The van der Waals surface area contributed by atoms with Crippen LogP contribution in [0.25, 0.3) is 6.08 Å². The van der Waals surface area contributed by atoms with Crippen LogP contribution in [-0.2, 0) is 4.79 Å². The SMILES string of the molecule is CCN(CC)C(=O)/C=C/c1ccc(OCC(C)C)c(OC)c1. The van der Waals surface area contributed by atoms with E-state index in [4.69, 9.17) is 9.47 Å². The molecule has 0 aliphatic rings. The zero-order valence-electron chi connectivity index (χ0n) is 14.3. The number of benzene rings is 1. The Morgan fingerprint density at radius 1 is 1.23 bits per heavy atom. The van der Waals surface area contributed by atoms with Crippen molar-refractivity contribution in [1.82, 2.24) is 4.90 Å². The minimum atomic E-state index is 0.0177. The lowest BCUT2D eigenvalue weighted by atomic mass is 10.2. The van der Waals surface area contributed by atoms with Crippen molar-refractivity contribution in [3.63, 3.8) is 0 Å². The number of hydrogen-bond donors (Lipinski definition) is 0. The lowest BCUT2D eigenvalue weighted by molar-refractivity contribution is -0.125. The zero-order valence-corrected chi connectivity index (χ0v) is 14.3. The van der Waals surface area contributed by atoms with E-state index in [9.17, 15) is 4.79 Å². The third-order valence-corrected chi connectivity index (χ3v) is 3.25. The molecular weight excluding hydrogens is 278 g/mol. The van der Waals surface area contributed by atoms with E-state index in [-0.39, 0.29) is 5.91 Å². The van der Waals surface area contributed by atoms with Gasteiger partial charge in [-0.1, -0.05) is 19.9 Å². The molecule has 0 unspecified atom stereocenters. The normalized spacial score (nSPS) is 11.0. The van der Waals surface area contributed by atoms with Gasteiger partial charge in [0.1, 0.15) is 0 Å². The summed E-state index contributed by atoms with van der Waals surface area (Å²) in [5.41, 5.74) is 0.911. The van der Waals surface area contributed by atoms with Crippen molar-refractivity contribution in [2.24, 2.45) is 5.92 Å². The summed E-state index contributed by atoms with van der Waals surface area (Å²) in [5, 5.41) is 0. The molecule has 0 aromatic heterocycles. The molecule has 122 valence electrons. The van der Waals surface area contributed by atoms with Gasteiger partial charge in [-0.2, -0.15) is 0 Å². The number of nitrogens with zero attached hydrogens (tertiary/aromatic N) is 1. The monoisotopic (exact) mass is 305 g/mol. The molecule has 0 saturated carbocycles. The summed E-state index contributed by atoms with van der Waals surface area (Å²) in [6, 6.07) is 5.68. The van der Waals surface area contributed by atoms with E-state index in [1.807, 2.05) is 32.0 Å². The number of ether oxygens (including phenoxy) is 2. The minimum absolute atomic E-state index is 0.0177. The van der Waals surface area contributed by atoms with Crippen molar-refractivity contribution in [1.29, 1.82) is 0 Å². The van der Waals surface area contributed by atoms with Crippen molar-refractivity contribution in [2.75, 3.05) is 26.8 Å². The molecule has 0 atom stereocenters. The summed E-state index contributed by atoms with van der Waals surface area (Å²) in [7, 11) is 1.62. The van der Waals surface area contributed by atoms with Gasteiger partial charge < -0.3 is 14.4 Å². The van der Waals surface area contributed by atoms with Crippen molar-refractivity contribution < 1.29 is 14.3 Å². The Hall–Kier alpha value is -1.97. The van der Waals surface area contributed by atoms with Crippen LogP contribution < -0.4 is 9.47 Å². The first-order valence-electron chi connectivity index (χ1n) is 7.79. The van der Waals surface area contributed by atoms with Gasteiger partial charge in [0.25, 0.3) is 0 Å². The fourth-order valence-electron chi connectivity index (χ4n) is 1.97. The maximum Gasteiger partial charge on any atom is 0.246 e. The number of hydrogen-bond acceptors (Lipinski definition) is 3. The molecule has 0 aliphatic heterocycles. The Kier molecular flexibility index (Phi) is 7.50. The van der Waals surface area contributed by atoms with Crippen LogP contribution in [0.4, 0.5) is 0 Å². The predicted octanol–water partition coefficient (Wildman–Crippen LogP) is 3.61. The molecule has 0 spiro atoms. The predicted molar refractivity (Wildman–Crippen MR) is 90.3 cm³/mol. The van der Waals surface area contributed by atoms with E-state index in [1.54, 1.807) is 24.2 Å². The first-order chi connectivity index (χ1) is 10.5. The highest BCUT2D eigenvalue weighted by atomic mass is 16.5. The van der Waals surface area contributed by atoms with Gasteiger partial charge in [0.05, 0.1) is 13.7 Å². The highest BCUT2D eigenvalue weighted by Gasteiger charge is 2.07. The highest BCUT2D eigenvalue weighted by molar-refractivity contribution is 5.91. The van der Waals surface area contributed by atoms with E-state index in [1.165, 1.54) is 0 Å². The largest absolute Gasteiger partial charge is 0.493 e. The van der Waals surface area contributed by atoms with Crippen LogP contribution in [0.2, 0.25) is 0 Å². The van der Waals surface area contributed by atoms with Crippen LogP contribution in [0.15, 0.2) is 24.3 Å². The summed E-state index contributed by atoms with van der Waals surface area (Å²) in [4.78, 5) is 13.7. The van der Waals surface area contributed by atoms with E-state index in [0.29, 0.717) is 31.4 Å². The second-order valence-corrected chi connectivity index (χ2v) is 5.46. The topological polar surface area (TPSA) is 38.8 Å². The molecule has 0 saturated heterocycles. The third kappa shape index (κ3) is 5.43. The lowest BCUT2D eigenvalue weighted by Gasteiger charge is -2.16. The Morgan fingerprint density at radius 3 is 2.45 bits per heavy atom. The first-order valence-corrected chi connectivity index (χ1v) is 7.79. The van der Waals surface area contributed by atoms with Crippen LogP contribution in [0.5, 0.6) is 11.5 Å². The Balaban J connectivity index is 2.82. The molecule has 0 aliphatic carbocycles. The number of methoxy groups -OCH3 is 1. The molecule has 0 fully saturated rings. The van der Waals surface area contributed by atoms with Gasteiger partial charge in [-0.15, -0.1) is 0 Å². The summed E-state index contributed by atoms with van der Waals surface area (Å²) in [6.45, 7) is 10.2. The van der Waals surface area contributed by atoms with Crippen molar-refractivity contribution in [3.05, 3.63) is 29.8 Å². The summed E-state index contributed by atoms with van der Waals surface area (Å²) < 4.78 is 11.1. The van der Waals surface area contributed by atoms with Crippen LogP contribution in [0.1, 0.15) is 33.3 Å². The van der Waals surface area contributed by atoms with Crippen LogP contribution in [0.3, 0.4) is 0 Å². The molecule has 0 radical (unpaired) electrons. The smallest absolute Gasteiger partial charge is 0.246 e. The number of rotatable bonds is 8. The van der Waals surface area contributed by atoms with E-state index in [0.717, 1.165) is 11.3 Å². The van der Waals surface area contributed by atoms with Gasteiger partial charge in [-0.25, -0.2) is 0 Å². The molecule has 1 aromatic carbocycles. The van der Waals surface area contributed by atoms with Crippen LogP contribution >= 0.6 is 0 Å². The third-order valence-electron chi connectivity index (χ3n) is 3.25. The first kappa shape index (κ1) is 18.1. The second kappa shape index (κ2) is 9.13. The molecular formula is C18H27NO3. The van der Waals surface area contributed by atoms with E-state index < -0.39 is 0 Å². The number of amides is 1. The van der Waals surface area contributed by atoms with Gasteiger partial charge in [0.15, 0.2) is 11.5 Å². The molecule has 22 heavy (non-hydrogen) atoms.